The van der Waals surface area contributed by atoms with Gasteiger partial charge in [-0.3, -0.25) is 0 Å². The first-order valence-corrected chi connectivity index (χ1v) is 7.58. The number of rotatable bonds is 2. The summed E-state index contributed by atoms with van der Waals surface area (Å²) in [5.74, 6) is 1.26. The topological polar surface area (TPSA) is 41.6 Å². The largest absolute Gasteiger partial charge is 0.444 e. The van der Waals surface area contributed by atoms with Crippen LogP contribution in [-0.2, 0) is 4.74 Å². The van der Waals surface area contributed by atoms with Crippen LogP contribution in [0.2, 0.25) is 0 Å². The third-order valence-electron chi connectivity index (χ3n) is 4.35. The molecular weight excluding hydrogens is 240 g/mol. The lowest BCUT2D eigenvalue weighted by Gasteiger charge is -2.27. The molecular formula is C15H28N2O2. The molecule has 2 aliphatic rings. The van der Waals surface area contributed by atoms with Crippen molar-refractivity contribution in [2.24, 2.45) is 11.8 Å². The summed E-state index contributed by atoms with van der Waals surface area (Å²) in [5.41, 5.74) is -0.395. The molecule has 19 heavy (non-hydrogen) atoms. The standard InChI is InChI=1S/C15H28N2O2/c1-11(13-6-5-8-16-13)12-7-9-17(10-12)14(18)19-15(2,3)4/h11-13,16H,5-10H2,1-4H3. The number of likely N-dealkylation sites (tertiary alicyclic amines) is 1. The van der Waals surface area contributed by atoms with Gasteiger partial charge >= 0.3 is 6.09 Å². The summed E-state index contributed by atoms with van der Waals surface area (Å²) in [7, 11) is 0. The van der Waals surface area contributed by atoms with Crippen LogP contribution in [-0.4, -0.2) is 42.3 Å². The molecule has 2 heterocycles. The molecule has 2 saturated heterocycles. The maximum atomic E-state index is 12.0. The van der Waals surface area contributed by atoms with E-state index in [1.165, 1.54) is 12.8 Å². The predicted octanol–water partition coefficient (Wildman–Crippen LogP) is 2.63. The van der Waals surface area contributed by atoms with Crippen LogP contribution in [0.25, 0.3) is 0 Å². The molecule has 4 nitrogen and oxygen atoms in total. The second kappa shape index (κ2) is 5.70. The highest BCUT2D eigenvalue weighted by Gasteiger charge is 2.35. The Labute approximate surface area is 116 Å². The molecule has 0 radical (unpaired) electrons. The van der Waals surface area contributed by atoms with E-state index in [1.54, 1.807) is 0 Å². The van der Waals surface area contributed by atoms with Gasteiger partial charge in [0.05, 0.1) is 0 Å². The van der Waals surface area contributed by atoms with Gasteiger partial charge < -0.3 is 15.0 Å². The minimum atomic E-state index is -0.395. The van der Waals surface area contributed by atoms with Gasteiger partial charge in [0.25, 0.3) is 0 Å². The molecule has 0 aliphatic carbocycles. The number of nitrogens with one attached hydrogen (secondary N) is 1. The van der Waals surface area contributed by atoms with Crippen LogP contribution < -0.4 is 5.32 Å². The van der Waals surface area contributed by atoms with Crippen LogP contribution in [0, 0.1) is 11.8 Å². The number of carbonyl (C=O) groups is 1. The highest BCUT2D eigenvalue weighted by atomic mass is 16.6. The molecule has 4 heteroatoms. The minimum Gasteiger partial charge on any atom is -0.444 e. The highest BCUT2D eigenvalue weighted by Crippen LogP contribution is 2.30. The van der Waals surface area contributed by atoms with Crippen molar-refractivity contribution in [3.05, 3.63) is 0 Å². The third kappa shape index (κ3) is 3.85. The Morgan fingerprint density at radius 3 is 2.68 bits per heavy atom. The zero-order chi connectivity index (χ0) is 14.0. The number of hydrogen-bond acceptors (Lipinski definition) is 3. The monoisotopic (exact) mass is 268 g/mol. The van der Waals surface area contributed by atoms with Crippen LogP contribution >= 0.6 is 0 Å². The van der Waals surface area contributed by atoms with E-state index in [9.17, 15) is 4.79 Å². The van der Waals surface area contributed by atoms with Gasteiger partial charge in [0.1, 0.15) is 5.60 Å². The van der Waals surface area contributed by atoms with Crippen molar-refractivity contribution >= 4 is 6.09 Å². The zero-order valence-electron chi connectivity index (χ0n) is 12.7. The Hall–Kier alpha value is -0.770. The maximum absolute atomic E-state index is 12.0. The zero-order valence-corrected chi connectivity index (χ0v) is 12.7. The van der Waals surface area contributed by atoms with E-state index in [1.807, 2.05) is 25.7 Å². The fraction of sp³-hybridized carbons (Fsp3) is 0.933. The van der Waals surface area contributed by atoms with E-state index in [0.29, 0.717) is 17.9 Å². The molecule has 0 aromatic rings. The number of ether oxygens (including phenoxy) is 1. The molecule has 2 rings (SSSR count). The first kappa shape index (κ1) is 14.6. The first-order valence-electron chi connectivity index (χ1n) is 7.58. The smallest absolute Gasteiger partial charge is 0.410 e. The third-order valence-corrected chi connectivity index (χ3v) is 4.35. The molecule has 3 atom stereocenters. The Morgan fingerprint density at radius 1 is 1.37 bits per heavy atom. The number of nitrogens with zero attached hydrogens (tertiary/aromatic N) is 1. The van der Waals surface area contributed by atoms with Gasteiger partial charge in [-0.1, -0.05) is 6.92 Å². The van der Waals surface area contributed by atoms with E-state index in [-0.39, 0.29) is 6.09 Å². The van der Waals surface area contributed by atoms with Gasteiger partial charge in [-0.2, -0.15) is 0 Å². The van der Waals surface area contributed by atoms with Crippen LogP contribution in [0.1, 0.15) is 47.0 Å². The number of carbonyl (C=O) groups excluding carboxylic acids is 1. The lowest BCUT2D eigenvalue weighted by Crippen LogP contribution is -2.38. The first-order chi connectivity index (χ1) is 8.87. The summed E-state index contributed by atoms with van der Waals surface area (Å²) in [6.45, 7) is 10.9. The molecule has 1 amide bonds. The van der Waals surface area contributed by atoms with Gasteiger partial charge in [-0.05, 0) is 58.4 Å². The quantitative estimate of drug-likeness (QED) is 0.837. The normalized spacial score (nSPS) is 29.6. The molecule has 110 valence electrons. The Kier molecular flexibility index (Phi) is 4.39. The second-order valence-corrected chi connectivity index (χ2v) is 7.04. The molecule has 0 bridgehead atoms. The summed E-state index contributed by atoms with van der Waals surface area (Å²) in [5, 5.41) is 3.58. The van der Waals surface area contributed by atoms with Crippen molar-refractivity contribution in [2.75, 3.05) is 19.6 Å². The summed E-state index contributed by atoms with van der Waals surface area (Å²) >= 11 is 0. The maximum Gasteiger partial charge on any atom is 0.410 e. The second-order valence-electron chi connectivity index (χ2n) is 7.04. The SMILES string of the molecule is CC(C1CCN(C(=O)OC(C)(C)C)C1)C1CCCN1. The number of amides is 1. The van der Waals surface area contributed by atoms with E-state index >= 15 is 0 Å². The van der Waals surface area contributed by atoms with Gasteiger partial charge in [0.2, 0.25) is 0 Å². The van der Waals surface area contributed by atoms with Gasteiger partial charge in [-0.25, -0.2) is 4.79 Å². The van der Waals surface area contributed by atoms with Crippen LogP contribution in [0.3, 0.4) is 0 Å². The molecule has 0 aromatic heterocycles. The lowest BCUT2D eigenvalue weighted by atomic mass is 9.86. The van der Waals surface area contributed by atoms with Gasteiger partial charge in [0, 0.05) is 19.1 Å². The van der Waals surface area contributed by atoms with E-state index < -0.39 is 5.60 Å². The average molecular weight is 268 g/mol. The van der Waals surface area contributed by atoms with Crippen LogP contribution in [0.4, 0.5) is 4.79 Å². The molecule has 2 fully saturated rings. The molecule has 1 N–H and O–H groups in total. The minimum absolute atomic E-state index is 0.151. The summed E-state index contributed by atoms with van der Waals surface area (Å²) in [6.07, 6.45) is 3.53. The lowest BCUT2D eigenvalue weighted by molar-refractivity contribution is 0.0282. The van der Waals surface area contributed by atoms with E-state index in [4.69, 9.17) is 4.74 Å². The number of hydrogen-bond donors (Lipinski definition) is 1. The van der Waals surface area contributed by atoms with Crippen molar-refractivity contribution in [2.45, 2.75) is 58.6 Å². The predicted molar refractivity (Wildman–Crippen MR) is 76.1 cm³/mol. The van der Waals surface area contributed by atoms with Crippen molar-refractivity contribution in [1.82, 2.24) is 10.2 Å². The van der Waals surface area contributed by atoms with Gasteiger partial charge in [-0.15, -0.1) is 0 Å². The van der Waals surface area contributed by atoms with Crippen LogP contribution in [0.15, 0.2) is 0 Å². The fourth-order valence-corrected chi connectivity index (χ4v) is 3.20. The molecule has 0 saturated carbocycles. The molecule has 0 spiro atoms. The summed E-state index contributed by atoms with van der Waals surface area (Å²) in [6, 6.07) is 0.642. The van der Waals surface area contributed by atoms with Crippen molar-refractivity contribution < 1.29 is 9.53 Å². The molecule has 3 unspecified atom stereocenters. The fourth-order valence-electron chi connectivity index (χ4n) is 3.20. The Bertz CT molecular complexity index is 319. The van der Waals surface area contributed by atoms with Gasteiger partial charge in [0.15, 0.2) is 0 Å². The van der Waals surface area contributed by atoms with E-state index in [0.717, 1.165) is 26.1 Å². The molecule has 0 aromatic carbocycles. The van der Waals surface area contributed by atoms with E-state index in [2.05, 4.69) is 12.2 Å². The summed E-state index contributed by atoms with van der Waals surface area (Å²) < 4.78 is 5.45. The molecule has 2 aliphatic heterocycles. The van der Waals surface area contributed by atoms with Crippen molar-refractivity contribution in [3.8, 4) is 0 Å². The highest BCUT2D eigenvalue weighted by molar-refractivity contribution is 5.68. The Morgan fingerprint density at radius 2 is 2.11 bits per heavy atom. The Balaban J connectivity index is 1.83. The summed E-state index contributed by atoms with van der Waals surface area (Å²) in [4.78, 5) is 13.9. The average Bonchev–Trinajstić information content (AvgIpc) is 2.98. The van der Waals surface area contributed by atoms with Crippen molar-refractivity contribution in [3.63, 3.8) is 0 Å². The van der Waals surface area contributed by atoms with Crippen LogP contribution in [0.5, 0.6) is 0 Å². The van der Waals surface area contributed by atoms with Crippen molar-refractivity contribution in [1.29, 1.82) is 0 Å².